The zero-order chi connectivity index (χ0) is 16.4. The number of benzene rings is 2. The van der Waals surface area contributed by atoms with Gasteiger partial charge in [-0.2, -0.15) is 5.10 Å². The van der Waals surface area contributed by atoms with Gasteiger partial charge < -0.3 is 10.1 Å². The normalized spacial score (nSPS) is 10.5. The molecule has 2 aromatic carbocycles. The van der Waals surface area contributed by atoms with E-state index in [-0.39, 0.29) is 16.6 Å². The number of carbonyl (C=O) groups is 1. The molecule has 1 aromatic heterocycles. The predicted molar refractivity (Wildman–Crippen MR) is 88.3 cm³/mol. The lowest BCUT2D eigenvalue weighted by Gasteiger charge is -2.08. The van der Waals surface area contributed by atoms with Gasteiger partial charge in [0.25, 0.3) is 11.5 Å². The summed E-state index contributed by atoms with van der Waals surface area (Å²) in [6, 6.07) is 11.6. The highest BCUT2D eigenvalue weighted by Gasteiger charge is 2.10. The minimum Gasteiger partial charge on any atom is -0.497 e. The predicted octanol–water partition coefficient (Wildman–Crippen LogP) is 2.84. The summed E-state index contributed by atoms with van der Waals surface area (Å²) in [6.45, 7) is 0. The van der Waals surface area contributed by atoms with Gasteiger partial charge in [0.2, 0.25) is 0 Å². The first-order chi connectivity index (χ1) is 11.1. The zero-order valence-electron chi connectivity index (χ0n) is 12.1. The van der Waals surface area contributed by atoms with Crippen LogP contribution in [0.15, 0.2) is 47.3 Å². The number of hydrogen-bond acceptors (Lipinski definition) is 4. The average molecular weight is 330 g/mol. The van der Waals surface area contributed by atoms with Crippen molar-refractivity contribution in [3.05, 3.63) is 63.5 Å². The second kappa shape index (κ2) is 6.10. The van der Waals surface area contributed by atoms with E-state index < -0.39 is 0 Å². The third-order valence-corrected chi connectivity index (χ3v) is 3.62. The van der Waals surface area contributed by atoms with Gasteiger partial charge in [0, 0.05) is 16.6 Å². The molecule has 2 N–H and O–H groups in total. The van der Waals surface area contributed by atoms with Crippen molar-refractivity contribution in [2.24, 2.45) is 0 Å². The van der Waals surface area contributed by atoms with Crippen LogP contribution in [0.3, 0.4) is 0 Å². The number of halogens is 1. The summed E-state index contributed by atoms with van der Waals surface area (Å²) in [6.07, 6.45) is 0. The maximum Gasteiger partial charge on any atom is 0.272 e. The van der Waals surface area contributed by atoms with Crippen LogP contribution in [0.4, 0.5) is 5.69 Å². The summed E-state index contributed by atoms with van der Waals surface area (Å²) in [4.78, 5) is 24.0. The fraction of sp³-hybridized carbons (Fsp3) is 0.0625. The molecular formula is C16H12ClN3O3. The van der Waals surface area contributed by atoms with E-state index in [9.17, 15) is 9.59 Å². The van der Waals surface area contributed by atoms with Gasteiger partial charge in [-0.3, -0.25) is 9.59 Å². The standard InChI is InChI=1S/C16H12ClN3O3/c1-23-11-4-2-3-9(7-11)15(21)18-10-5-6-12-13(8-10)14(17)19-20-16(12)22/h2-8H,1H3,(H,18,21)(H,20,22). The lowest BCUT2D eigenvalue weighted by molar-refractivity contribution is 0.102. The third kappa shape index (κ3) is 3.02. The number of aromatic amines is 1. The zero-order valence-corrected chi connectivity index (χ0v) is 12.8. The van der Waals surface area contributed by atoms with Crippen LogP contribution < -0.4 is 15.6 Å². The monoisotopic (exact) mass is 329 g/mol. The Morgan fingerprint density at radius 2 is 2.04 bits per heavy atom. The Bertz CT molecular complexity index is 953. The first-order valence-electron chi connectivity index (χ1n) is 6.72. The van der Waals surface area contributed by atoms with Gasteiger partial charge >= 0.3 is 0 Å². The number of aromatic nitrogens is 2. The van der Waals surface area contributed by atoms with E-state index in [4.69, 9.17) is 16.3 Å². The number of nitrogens with zero attached hydrogens (tertiary/aromatic N) is 1. The molecule has 1 heterocycles. The summed E-state index contributed by atoms with van der Waals surface area (Å²) in [7, 11) is 1.53. The van der Waals surface area contributed by atoms with Crippen molar-refractivity contribution in [1.29, 1.82) is 0 Å². The summed E-state index contributed by atoms with van der Waals surface area (Å²) in [5.41, 5.74) is 0.634. The van der Waals surface area contributed by atoms with Crippen LogP contribution in [-0.2, 0) is 0 Å². The Morgan fingerprint density at radius 1 is 1.22 bits per heavy atom. The van der Waals surface area contributed by atoms with Crippen LogP contribution in [-0.4, -0.2) is 23.2 Å². The van der Waals surface area contributed by atoms with Gasteiger partial charge in [0.05, 0.1) is 12.5 Å². The molecule has 0 saturated carbocycles. The summed E-state index contributed by atoms with van der Waals surface area (Å²) in [5, 5.41) is 9.81. The number of carbonyl (C=O) groups excluding carboxylic acids is 1. The largest absolute Gasteiger partial charge is 0.497 e. The molecule has 23 heavy (non-hydrogen) atoms. The Labute approximate surface area is 136 Å². The van der Waals surface area contributed by atoms with Crippen LogP contribution in [0.2, 0.25) is 5.15 Å². The lowest BCUT2D eigenvalue weighted by atomic mass is 10.1. The van der Waals surface area contributed by atoms with Crippen LogP contribution in [0.25, 0.3) is 10.8 Å². The fourth-order valence-electron chi connectivity index (χ4n) is 2.18. The smallest absolute Gasteiger partial charge is 0.272 e. The first-order valence-corrected chi connectivity index (χ1v) is 7.09. The maximum absolute atomic E-state index is 12.3. The van der Waals surface area contributed by atoms with E-state index in [0.717, 1.165) is 0 Å². The molecule has 0 aliphatic heterocycles. The van der Waals surface area contributed by atoms with Crippen molar-refractivity contribution < 1.29 is 9.53 Å². The van der Waals surface area contributed by atoms with Gasteiger partial charge in [0.15, 0.2) is 5.15 Å². The first kappa shape index (κ1) is 15.1. The lowest BCUT2D eigenvalue weighted by Crippen LogP contribution is -2.13. The minimum absolute atomic E-state index is 0.164. The molecule has 0 spiro atoms. The molecule has 7 heteroatoms. The second-order valence-electron chi connectivity index (χ2n) is 4.79. The molecule has 3 aromatic rings. The van der Waals surface area contributed by atoms with Crippen molar-refractivity contribution in [2.75, 3.05) is 12.4 Å². The topological polar surface area (TPSA) is 84.1 Å². The summed E-state index contributed by atoms with van der Waals surface area (Å²) in [5.74, 6) is 0.298. The van der Waals surface area contributed by atoms with E-state index in [0.29, 0.717) is 27.8 Å². The highest BCUT2D eigenvalue weighted by molar-refractivity contribution is 6.34. The number of nitrogens with one attached hydrogen (secondary N) is 2. The van der Waals surface area contributed by atoms with E-state index in [1.54, 1.807) is 42.5 Å². The number of methoxy groups -OCH3 is 1. The second-order valence-corrected chi connectivity index (χ2v) is 5.15. The van der Waals surface area contributed by atoms with Gasteiger partial charge in [-0.05, 0) is 36.4 Å². The van der Waals surface area contributed by atoms with E-state index >= 15 is 0 Å². The highest BCUT2D eigenvalue weighted by atomic mass is 35.5. The number of H-pyrrole nitrogens is 1. The Hall–Kier alpha value is -2.86. The molecule has 0 aliphatic rings. The number of ether oxygens (including phenoxy) is 1. The van der Waals surface area contributed by atoms with Crippen molar-refractivity contribution >= 4 is 34.0 Å². The number of amides is 1. The number of anilines is 1. The molecule has 0 fully saturated rings. The molecule has 0 unspecified atom stereocenters. The van der Waals surface area contributed by atoms with Crippen LogP contribution in [0.1, 0.15) is 10.4 Å². The third-order valence-electron chi connectivity index (χ3n) is 3.33. The molecule has 6 nitrogen and oxygen atoms in total. The SMILES string of the molecule is COc1cccc(C(=O)Nc2ccc3c(=O)[nH]nc(Cl)c3c2)c1. The van der Waals surface area contributed by atoms with Crippen molar-refractivity contribution in [3.8, 4) is 5.75 Å². The maximum atomic E-state index is 12.3. The molecule has 0 bridgehead atoms. The van der Waals surface area contributed by atoms with Crippen LogP contribution in [0, 0.1) is 0 Å². The molecule has 3 rings (SSSR count). The van der Waals surface area contributed by atoms with Crippen molar-refractivity contribution in [2.45, 2.75) is 0 Å². The van der Waals surface area contributed by atoms with Gasteiger partial charge in [-0.25, -0.2) is 5.10 Å². The van der Waals surface area contributed by atoms with Gasteiger partial charge in [0.1, 0.15) is 5.75 Å². The van der Waals surface area contributed by atoms with Crippen LogP contribution in [0.5, 0.6) is 5.75 Å². The minimum atomic E-state index is -0.338. The number of fused-ring (bicyclic) bond motifs is 1. The van der Waals surface area contributed by atoms with Crippen molar-refractivity contribution in [3.63, 3.8) is 0 Å². The Kier molecular flexibility index (Phi) is 3.99. The molecule has 0 aliphatic carbocycles. The van der Waals surface area contributed by atoms with Gasteiger partial charge in [-0.15, -0.1) is 0 Å². The molecular weight excluding hydrogens is 318 g/mol. The number of hydrogen-bond donors (Lipinski definition) is 2. The average Bonchev–Trinajstić information content (AvgIpc) is 2.58. The van der Waals surface area contributed by atoms with E-state index in [1.165, 1.54) is 7.11 Å². The number of rotatable bonds is 3. The summed E-state index contributed by atoms with van der Waals surface area (Å²) >= 11 is 5.98. The van der Waals surface area contributed by atoms with Crippen LogP contribution >= 0.6 is 11.6 Å². The highest BCUT2D eigenvalue weighted by Crippen LogP contribution is 2.22. The molecule has 0 radical (unpaired) electrons. The quantitative estimate of drug-likeness (QED) is 0.774. The molecule has 0 atom stereocenters. The summed E-state index contributed by atoms with van der Waals surface area (Å²) < 4.78 is 5.10. The van der Waals surface area contributed by atoms with E-state index in [1.807, 2.05) is 0 Å². The Morgan fingerprint density at radius 3 is 2.83 bits per heavy atom. The molecule has 1 amide bonds. The molecule has 116 valence electrons. The van der Waals surface area contributed by atoms with Gasteiger partial charge in [-0.1, -0.05) is 17.7 Å². The van der Waals surface area contributed by atoms with E-state index in [2.05, 4.69) is 15.5 Å². The van der Waals surface area contributed by atoms with Crippen molar-refractivity contribution in [1.82, 2.24) is 10.2 Å². The Balaban J connectivity index is 1.93. The molecule has 0 saturated heterocycles. The fourth-order valence-corrected chi connectivity index (χ4v) is 2.38.